The molecule has 2 aromatic rings. The number of nitrogens with one attached hydrogen (secondary N) is 1. The van der Waals surface area contributed by atoms with Crippen molar-refractivity contribution >= 4 is 0 Å². The third-order valence-corrected chi connectivity index (χ3v) is 5.07. The summed E-state index contributed by atoms with van der Waals surface area (Å²) in [7, 11) is 3.30. The molecule has 0 fully saturated rings. The van der Waals surface area contributed by atoms with E-state index in [9.17, 15) is 0 Å². The first-order valence-electron chi connectivity index (χ1n) is 9.35. The zero-order valence-electron chi connectivity index (χ0n) is 16.0. The molecule has 1 unspecified atom stereocenters. The van der Waals surface area contributed by atoms with Crippen molar-refractivity contribution in [2.24, 2.45) is 0 Å². The van der Waals surface area contributed by atoms with Crippen LogP contribution < -0.4 is 14.8 Å². The molecule has 0 spiro atoms. The van der Waals surface area contributed by atoms with Gasteiger partial charge in [0.2, 0.25) is 0 Å². The SMILES string of the molecule is COCOc1ccc(OC)cc1CNC(C)c1ccc2c(c1)CCCC2. The smallest absolute Gasteiger partial charge is 0.188 e. The number of methoxy groups -OCH3 is 2. The van der Waals surface area contributed by atoms with Crippen LogP contribution in [0, 0.1) is 0 Å². The molecule has 0 aliphatic heterocycles. The maximum atomic E-state index is 5.68. The fourth-order valence-electron chi connectivity index (χ4n) is 3.49. The first kappa shape index (κ1) is 18.7. The Bertz CT molecular complexity index is 729. The first-order valence-corrected chi connectivity index (χ1v) is 9.35. The highest BCUT2D eigenvalue weighted by molar-refractivity contribution is 5.40. The van der Waals surface area contributed by atoms with E-state index in [1.54, 1.807) is 14.2 Å². The van der Waals surface area contributed by atoms with E-state index in [0.29, 0.717) is 6.54 Å². The zero-order valence-corrected chi connectivity index (χ0v) is 16.0. The predicted octanol–water partition coefficient (Wildman–Crippen LogP) is 4.41. The summed E-state index contributed by atoms with van der Waals surface area (Å²) in [6.07, 6.45) is 5.06. The third-order valence-electron chi connectivity index (χ3n) is 5.07. The van der Waals surface area contributed by atoms with Gasteiger partial charge in [0.15, 0.2) is 6.79 Å². The summed E-state index contributed by atoms with van der Waals surface area (Å²) in [5, 5.41) is 3.61. The van der Waals surface area contributed by atoms with Gasteiger partial charge in [-0.1, -0.05) is 18.2 Å². The van der Waals surface area contributed by atoms with E-state index < -0.39 is 0 Å². The van der Waals surface area contributed by atoms with Gasteiger partial charge in [-0.25, -0.2) is 0 Å². The average molecular weight is 355 g/mol. The van der Waals surface area contributed by atoms with E-state index in [1.165, 1.54) is 42.4 Å². The maximum Gasteiger partial charge on any atom is 0.188 e. The van der Waals surface area contributed by atoms with Crippen LogP contribution in [0.5, 0.6) is 11.5 Å². The van der Waals surface area contributed by atoms with Gasteiger partial charge in [-0.3, -0.25) is 0 Å². The lowest BCUT2D eigenvalue weighted by atomic mass is 9.89. The fourth-order valence-corrected chi connectivity index (χ4v) is 3.49. The molecular weight excluding hydrogens is 326 g/mol. The highest BCUT2D eigenvalue weighted by Gasteiger charge is 2.13. The van der Waals surface area contributed by atoms with Crippen LogP contribution in [0.1, 0.15) is 48.1 Å². The summed E-state index contributed by atoms with van der Waals surface area (Å²) in [5.41, 5.74) is 5.45. The van der Waals surface area contributed by atoms with Crippen LogP contribution in [0.4, 0.5) is 0 Å². The van der Waals surface area contributed by atoms with Gasteiger partial charge in [-0.05, 0) is 67.5 Å². The molecule has 0 amide bonds. The number of hydrogen-bond donors (Lipinski definition) is 1. The van der Waals surface area contributed by atoms with Crippen LogP contribution in [-0.4, -0.2) is 21.0 Å². The summed E-state index contributed by atoms with van der Waals surface area (Å²) in [6, 6.07) is 13.1. The number of hydrogen-bond acceptors (Lipinski definition) is 4. The molecule has 4 heteroatoms. The van der Waals surface area contributed by atoms with Crippen molar-refractivity contribution < 1.29 is 14.2 Å². The first-order chi connectivity index (χ1) is 12.7. The minimum atomic E-state index is 0.236. The lowest BCUT2D eigenvalue weighted by molar-refractivity contribution is 0.0503. The van der Waals surface area contributed by atoms with Crippen molar-refractivity contribution in [2.75, 3.05) is 21.0 Å². The van der Waals surface area contributed by atoms with Gasteiger partial charge in [0.05, 0.1) is 7.11 Å². The quantitative estimate of drug-likeness (QED) is 0.712. The molecule has 0 saturated carbocycles. The van der Waals surface area contributed by atoms with E-state index in [0.717, 1.165) is 17.1 Å². The van der Waals surface area contributed by atoms with Gasteiger partial charge in [0.1, 0.15) is 11.5 Å². The van der Waals surface area contributed by atoms with E-state index >= 15 is 0 Å². The van der Waals surface area contributed by atoms with Crippen molar-refractivity contribution in [1.82, 2.24) is 5.32 Å². The molecule has 1 atom stereocenters. The summed E-state index contributed by atoms with van der Waals surface area (Å²) < 4.78 is 16.1. The fraction of sp³-hybridized carbons (Fsp3) is 0.455. The molecule has 3 rings (SSSR count). The van der Waals surface area contributed by atoms with Gasteiger partial charge in [-0.15, -0.1) is 0 Å². The van der Waals surface area contributed by atoms with Gasteiger partial charge < -0.3 is 19.5 Å². The number of aryl methyl sites for hydroxylation is 2. The number of benzene rings is 2. The minimum absolute atomic E-state index is 0.236. The highest BCUT2D eigenvalue weighted by atomic mass is 16.7. The van der Waals surface area contributed by atoms with Crippen molar-refractivity contribution in [3.8, 4) is 11.5 Å². The Labute approximate surface area is 156 Å². The Morgan fingerprint density at radius 1 is 1.00 bits per heavy atom. The highest BCUT2D eigenvalue weighted by Crippen LogP contribution is 2.27. The summed E-state index contributed by atoms with van der Waals surface area (Å²) in [4.78, 5) is 0. The molecule has 4 nitrogen and oxygen atoms in total. The Kier molecular flexibility index (Phi) is 6.53. The van der Waals surface area contributed by atoms with E-state index in [4.69, 9.17) is 14.2 Å². The minimum Gasteiger partial charge on any atom is -0.497 e. The molecule has 26 heavy (non-hydrogen) atoms. The lowest BCUT2D eigenvalue weighted by Crippen LogP contribution is -2.19. The Morgan fingerprint density at radius 2 is 1.81 bits per heavy atom. The van der Waals surface area contributed by atoms with E-state index in [1.807, 2.05) is 18.2 Å². The molecule has 1 aliphatic carbocycles. The summed E-state index contributed by atoms with van der Waals surface area (Å²) in [5.74, 6) is 1.64. The second-order valence-electron chi connectivity index (χ2n) is 6.86. The van der Waals surface area contributed by atoms with Crippen molar-refractivity contribution in [3.63, 3.8) is 0 Å². The second-order valence-corrected chi connectivity index (χ2v) is 6.86. The Morgan fingerprint density at radius 3 is 2.58 bits per heavy atom. The molecule has 0 saturated heterocycles. The predicted molar refractivity (Wildman–Crippen MR) is 104 cm³/mol. The molecule has 1 aliphatic rings. The van der Waals surface area contributed by atoms with Gasteiger partial charge in [0.25, 0.3) is 0 Å². The van der Waals surface area contributed by atoms with Crippen LogP contribution in [0.3, 0.4) is 0 Å². The van der Waals surface area contributed by atoms with Crippen molar-refractivity contribution in [2.45, 2.75) is 45.2 Å². The van der Waals surface area contributed by atoms with Gasteiger partial charge in [0, 0.05) is 25.3 Å². The average Bonchev–Trinajstić information content (AvgIpc) is 2.70. The second kappa shape index (κ2) is 9.06. The van der Waals surface area contributed by atoms with Gasteiger partial charge in [-0.2, -0.15) is 0 Å². The molecule has 0 heterocycles. The van der Waals surface area contributed by atoms with E-state index in [2.05, 4.69) is 30.4 Å². The molecule has 0 aromatic heterocycles. The van der Waals surface area contributed by atoms with Gasteiger partial charge >= 0.3 is 0 Å². The van der Waals surface area contributed by atoms with E-state index in [-0.39, 0.29) is 12.8 Å². The van der Waals surface area contributed by atoms with Crippen LogP contribution in [0.2, 0.25) is 0 Å². The normalized spacial score (nSPS) is 14.6. The molecular formula is C22H29NO3. The standard InChI is InChI=1S/C22H29NO3/c1-16(18-9-8-17-6-4-5-7-19(17)12-18)23-14-20-13-21(25-3)10-11-22(20)26-15-24-2/h8-13,16,23H,4-7,14-15H2,1-3H3. The molecule has 2 aromatic carbocycles. The Balaban J connectivity index is 1.69. The largest absolute Gasteiger partial charge is 0.497 e. The van der Waals surface area contributed by atoms with Crippen molar-refractivity contribution in [1.29, 1.82) is 0 Å². The third kappa shape index (κ3) is 4.57. The summed E-state index contributed by atoms with van der Waals surface area (Å²) in [6.45, 7) is 3.15. The molecule has 0 radical (unpaired) electrons. The number of rotatable bonds is 8. The van der Waals surface area contributed by atoms with Crippen molar-refractivity contribution in [3.05, 3.63) is 58.7 Å². The van der Waals surface area contributed by atoms with Crippen LogP contribution >= 0.6 is 0 Å². The van der Waals surface area contributed by atoms with Crippen LogP contribution in [-0.2, 0) is 24.1 Å². The summed E-state index contributed by atoms with van der Waals surface area (Å²) >= 11 is 0. The maximum absolute atomic E-state index is 5.68. The zero-order chi connectivity index (χ0) is 18.4. The monoisotopic (exact) mass is 355 g/mol. The lowest BCUT2D eigenvalue weighted by Gasteiger charge is -2.21. The van der Waals surface area contributed by atoms with Crippen LogP contribution in [0.25, 0.3) is 0 Å². The molecule has 140 valence electrons. The topological polar surface area (TPSA) is 39.7 Å². The molecule has 0 bridgehead atoms. The Hall–Kier alpha value is -2.04. The molecule has 1 N–H and O–H groups in total. The number of fused-ring (bicyclic) bond motifs is 1. The number of ether oxygens (including phenoxy) is 3. The van der Waals surface area contributed by atoms with Crippen LogP contribution in [0.15, 0.2) is 36.4 Å².